The number of aromatic nitrogens is 4. The van der Waals surface area contributed by atoms with E-state index in [0.717, 1.165) is 44.6 Å². The third kappa shape index (κ3) is 3.16. The summed E-state index contributed by atoms with van der Waals surface area (Å²) in [4.78, 5) is 16.2. The summed E-state index contributed by atoms with van der Waals surface area (Å²) in [6, 6.07) is 9.27. The van der Waals surface area contributed by atoms with Gasteiger partial charge in [-0.05, 0) is 43.4 Å². The van der Waals surface area contributed by atoms with Crippen molar-refractivity contribution in [3.05, 3.63) is 30.3 Å². The molecule has 1 aromatic heterocycles. The largest absolute Gasteiger partial charge is 0.341 e. The Morgan fingerprint density at radius 2 is 1.96 bits per heavy atom. The van der Waals surface area contributed by atoms with E-state index in [1.165, 1.54) is 11.2 Å². The van der Waals surface area contributed by atoms with Crippen molar-refractivity contribution in [2.24, 2.45) is 5.41 Å². The van der Waals surface area contributed by atoms with Gasteiger partial charge in [0.2, 0.25) is 11.7 Å². The van der Waals surface area contributed by atoms with Crippen LogP contribution in [0.2, 0.25) is 0 Å². The van der Waals surface area contributed by atoms with Gasteiger partial charge >= 0.3 is 0 Å². The fourth-order valence-corrected chi connectivity index (χ4v) is 3.88. The standard InChI is InChI=1S/C18H24N6O/c1-14(24-21-16(20-22-24)15-5-3-2-4-6-15)17(25)23-11-8-18(9-12-23)7-10-19-13-18/h2-6,14,19H,7-13H2,1H3. The first-order valence-corrected chi connectivity index (χ1v) is 9.01. The maximum Gasteiger partial charge on any atom is 0.249 e. The maximum absolute atomic E-state index is 12.8. The molecular weight excluding hydrogens is 316 g/mol. The number of piperidine rings is 1. The number of hydrogen-bond donors (Lipinski definition) is 1. The van der Waals surface area contributed by atoms with E-state index in [0.29, 0.717) is 11.2 Å². The van der Waals surface area contributed by atoms with Crippen molar-refractivity contribution in [2.75, 3.05) is 26.2 Å². The van der Waals surface area contributed by atoms with E-state index < -0.39 is 6.04 Å². The van der Waals surface area contributed by atoms with Crippen LogP contribution in [0.5, 0.6) is 0 Å². The molecule has 7 nitrogen and oxygen atoms in total. The van der Waals surface area contributed by atoms with Gasteiger partial charge in [-0.2, -0.15) is 4.80 Å². The number of tetrazole rings is 1. The topological polar surface area (TPSA) is 75.9 Å². The van der Waals surface area contributed by atoms with E-state index >= 15 is 0 Å². The minimum absolute atomic E-state index is 0.0813. The van der Waals surface area contributed by atoms with Gasteiger partial charge in [0, 0.05) is 25.2 Å². The SMILES string of the molecule is CC(C(=O)N1CCC2(CCNC2)CC1)n1nnc(-c2ccccc2)n1. The van der Waals surface area contributed by atoms with Gasteiger partial charge in [0.1, 0.15) is 6.04 Å². The summed E-state index contributed by atoms with van der Waals surface area (Å²) in [6.45, 7) is 5.70. The van der Waals surface area contributed by atoms with E-state index in [1.807, 2.05) is 42.2 Å². The summed E-state index contributed by atoms with van der Waals surface area (Å²) in [5.41, 5.74) is 1.31. The van der Waals surface area contributed by atoms with Crippen LogP contribution in [0.15, 0.2) is 30.3 Å². The van der Waals surface area contributed by atoms with Crippen LogP contribution in [0.1, 0.15) is 32.2 Å². The molecule has 4 rings (SSSR count). The molecule has 3 heterocycles. The fourth-order valence-electron chi connectivity index (χ4n) is 3.88. The lowest BCUT2D eigenvalue weighted by Crippen LogP contribution is -2.46. The van der Waals surface area contributed by atoms with E-state index in [4.69, 9.17) is 0 Å². The average molecular weight is 340 g/mol. The monoisotopic (exact) mass is 340 g/mol. The number of carbonyl (C=O) groups is 1. The minimum atomic E-state index is -0.430. The first-order chi connectivity index (χ1) is 12.2. The van der Waals surface area contributed by atoms with E-state index in [-0.39, 0.29) is 5.91 Å². The Morgan fingerprint density at radius 1 is 1.20 bits per heavy atom. The van der Waals surface area contributed by atoms with Crippen LogP contribution in [0, 0.1) is 5.41 Å². The second-order valence-corrected chi connectivity index (χ2v) is 7.23. The van der Waals surface area contributed by atoms with Crippen molar-refractivity contribution in [1.29, 1.82) is 0 Å². The first-order valence-electron chi connectivity index (χ1n) is 9.01. The molecule has 0 bridgehead atoms. The maximum atomic E-state index is 12.8. The summed E-state index contributed by atoms with van der Waals surface area (Å²) in [5, 5.41) is 16.1. The molecule has 2 saturated heterocycles. The van der Waals surface area contributed by atoms with Gasteiger partial charge in [-0.25, -0.2) is 0 Å². The number of likely N-dealkylation sites (tertiary alicyclic amines) is 1. The van der Waals surface area contributed by atoms with Crippen molar-refractivity contribution in [1.82, 2.24) is 30.4 Å². The minimum Gasteiger partial charge on any atom is -0.341 e. The highest BCUT2D eigenvalue weighted by Crippen LogP contribution is 2.37. The number of benzene rings is 1. The quantitative estimate of drug-likeness (QED) is 0.916. The van der Waals surface area contributed by atoms with Gasteiger partial charge < -0.3 is 10.2 Å². The number of amides is 1. The lowest BCUT2D eigenvalue weighted by molar-refractivity contribution is -0.137. The molecule has 2 aromatic rings. The van der Waals surface area contributed by atoms with Crippen molar-refractivity contribution < 1.29 is 4.79 Å². The molecular formula is C18H24N6O. The third-order valence-corrected chi connectivity index (χ3v) is 5.63. The molecule has 1 atom stereocenters. The molecule has 25 heavy (non-hydrogen) atoms. The van der Waals surface area contributed by atoms with Crippen LogP contribution in [0.25, 0.3) is 11.4 Å². The Balaban J connectivity index is 1.42. The summed E-state index contributed by atoms with van der Waals surface area (Å²) >= 11 is 0. The highest BCUT2D eigenvalue weighted by Gasteiger charge is 2.39. The smallest absolute Gasteiger partial charge is 0.249 e. The Kier molecular flexibility index (Phi) is 4.25. The van der Waals surface area contributed by atoms with Crippen molar-refractivity contribution >= 4 is 5.91 Å². The highest BCUT2D eigenvalue weighted by molar-refractivity contribution is 5.80. The zero-order chi connectivity index (χ0) is 17.3. The van der Waals surface area contributed by atoms with Gasteiger partial charge in [0.15, 0.2) is 0 Å². The molecule has 0 radical (unpaired) electrons. The van der Waals surface area contributed by atoms with E-state index in [9.17, 15) is 4.79 Å². The average Bonchev–Trinajstić information content (AvgIpc) is 3.32. The summed E-state index contributed by atoms with van der Waals surface area (Å²) in [7, 11) is 0. The molecule has 132 valence electrons. The molecule has 2 aliphatic rings. The van der Waals surface area contributed by atoms with Gasteiger partial charge in [-0.3, -0.25) is 4.79 Å². The number of nitrogens with one attached hydrogen (secondary N) is 1. The predicted molar refractivity (Wildman–Crippen MR) is 93.7 cm³/mol. The third-order valence-electron chi connectivity index (χ3n) is 5.63. The van der Waals surface area contributed by atoms with Gasteiger partial charge in [-0.15, -0.1) is 10.2 Å². The Bertz CT molecular complexity index is 727. The van der Waals surface area contributed by atoms with Gasteiger partial charge in [-0.1, -0.05) is 30.3 Å². The van der Waals surface area contributed by atoms with Crippen LogP contribution < -0.4 is 5.32 Å². The predicted octanol–water partition coefficient (Wildman–Crippen LogP) is 1.50. The molecule has 2 aliphatic heterocycles. The normalized spacial score (nSPS) is 20.8. The second kappa shape index (κ2) is 6.55. The Labute approximate surface area is 147 Å². The molecule has 2 fully saturated rings. The van der Waals surface area contributed by atoms with Crippen LogP contribution in [-0.2, 0) is 4.79 Å². The Morgan fingerprint density at radius 3 is 2.64 bits per heavy atom. The zero-order valence-electron chi connectivity index (χ0n) is 14.6. The van der Waals surface area contributed by atoms with Crippen molar-refractivity contribution in [2.45, 2.75) is 32.2 Å². The molecule has 1 unspecified atom stereocenters. The van der Waals surface area contributed by atoms with E-state index in [2.05, 4.69) is 20.7 Å². The Hall–Kier alpha value is -2.28. The number of hydrogen-bond acceptors (Lipinski definition) is 5. The molecule has 1 spiro atoms. The molecule has 7 heteroatoms. The summed E-state index contributed by atoms with van der Waals surface area (Å²) in [6.07, 6.45) is 3.40. The molecule has 0 aliphatic carbocycles. The van der Waals surface area contributed by atoms with Crippen molar-refractivity contribution in [3.63, 3.8) is 0 Å². The van der Waals surface area contributed by atoms with Gasteiger partial charge in [0.25, 0.3) is 0 Å². The lowest BCUT2D eigenvalue weighted by atomic mass is 9.78. The lowest BCUT2D eigenvalue weighted by Gasteiger charge is -2.39. The second-order valence-electron chi connectivity index (χ2n) is 7.23. The highest BCUT2D eigenvalue weighted by atomic mass is 16.2. The number of nitrogens with zero attached hydrogens (tertiary/aromatic N) is 5. The molecule has 1 amide bonds. The molecule has 0 saturated carbocycles. The molecule has 1 aromatic carbocycles. The zero-order valence-corrected chi connectivity index (χ0v) is 14.6. The van der Waals surface area contributed by atoms with Crippen LogP contribution in [-0.4, -0.2) is 57.2 Å². The first kappa shape index (κ1) is 16.2. The van der Waals surface area contributed by atoms with Crippen LogP contribution >= 0.6 is 0 Å². The van der Waals surface area contributed by atoms with Gasteiger partial charge in [0.05, 0.1) is 0 Å². The number of carbonyl (C=O) groups excluding carboxylic acids is 1. The van der Waals surface area contributed by atoms with E-state index in [1.54, 1.807) is 0 Å². The summed E-state index contributed by atoms with van der Waals surface area (Å²) in [5.74, 6) is 0.632. The molecule has 1 N–H and O–H groups in total. The number of rotatable bonds is 3. The van der Waals surface area contributed by atoms with Crippen LogP contribution in [0.4, 0.5) is 0 Å². The van der Waals surface area contributed by atoms with Crippen LogP contribution in [0.3, 0.4) is 0 Å². The fraction of sp³-hybridized carbons (Fsp3) is 0.556. The summed E-state index contributed by atoms with van der Waals surface area (Å²) < 4.78 is 0. The van der Waals surface area contributed by atoms with Crippen molar-refractivity contribution in [3.8, 4) is 11.4 Å².